The second-order valence-electron chi connectivity index (χ2n) is 6.61. The Balaban J connectivity index is 1.32. The molecule has 0 unspecified atom stereocenters. The van der Waals surface area contributed by atoms with Crippen LogP contribution in [0.15, 0.2) is 53.1 Å². The van der Waals surface area contributed by atoms with E-state index in [1.165, 1.54) is 0 Å². The summed E-state index contributed by atoms with van der Waals surface area (Å²) < 4.78 is 16.4. The molecule has 7 nitrogen and oxygen atoms in total. The summed E-state index contributed by atoms with van der Waals surface area (Å²) in [4.78, 5) is 18.4. The largest absolute Gasteiger partial charge is 0.486 e. The van der Waals surface area contributed by atoms with Gasteiger partial charge in [-0.15, -0.1) is 0 Å². The molecule has 0 saturated heterocycles. The standard InChI is InChI=1S/C21H21N3O4/c1-24(14-19-22-21(23-28-19)16-5-3-2-4-6-16)20(25)10-8-15-7-9-17-18(13-15)27-12-11-26-17/h2-7,9,13H,8,10-12,14H2,1H3. The van der Waals surface area contributed by atoms with E-state index < -0.39 is 0 Å². The number of hydrogen-bond donors (Lipinski definition) is 0. The first kappa shape index (κ1) is 18.0. The number of nitrogens with zero attached hydrogens (tertiary/aromatic N) is 3. The molecule has 4 rings (SSSR count). The van der Waals surface area contributed by atoms with E-state index in [1.54, 1.807) is 11.9 Å². The van der Waals surface area contributed by atoms with Gasteiger partial charge in [0.15, 0.2) is 11.5 Å². The lowest BCUT2D eigenvalue weighted by atomic mass is 10.1. The van der Waals surface area contributed by atoms with Gasteiger partial charge in [-0.05, 0) is 24.1 Å². The van der Waals surface area contributed by atoms with Gasteiger partial charge in [-0.3, -0.25) is 4.79 Å². The lowest BCUT2D eigenvalue weighted by Gasteiger charge is -2.19. The zero-order chi connectivity index (χ0) is 19.3. The first-order valence-electron chi connectivity index (χ1n) is 9.19. The SMILES string of the molecule is CN(Cc1nc(-c2ccccc2)no1)C(=O)CCc1ccc2c(c1)OCCO2. The van der Waals surface area contributed by atoms with Crippen LogP contribution in [-0.4, -0.2) is 41.2 Å². The van der Waals surface area contributed by atoms with E-state index in [-0.39, 0.29) is 12.5 Å². The summed E-state index contributed by atoms with van der Waals surface area (Å²) >= 11 is 0. The predicted octanol–water partition coefficient (Wildman–Crippen LogP) is 3.10. The van der Waals surface area contributed by atoms with Gasteiger partial charge in [0.25, 0.3) is 0 Å². The first-order chi connectivity index (χ1) is 13.7. The van der Waals surface area contributed by atoms with Crippen molar-refractivity contribution in [3.63, 3.8) is 0 Å². The topological polar surface area (TPSA) is 77.7 Å². The van der Waals surface area contributed by atoms with Gasteiger partial charge in [0.05, 0.1) is 6.54 Å². The van der Waals surface area contributed by atoms with Crippen LogP contribution in [0.1, 0.15) is 17.9 Å². The smallest absolute Gasteiger partial charge is 0.246 e. The second kappa shape index (κ2) is 8.12. The summed E-state index contributed by atoms with van der Waals surface area (Å²) in [5, 5.41) is 3.98. The molecule has 3 aromatic rings. The van der Waals surface area contributed by atoms with Crippen LogP contribution in [0.4, 0.5) is 0 Å². The predicted molar refractivity (Wildman–Crippen MR) is 102 cm³/mol. The third-order valence-corrected chi connectivity index (χ3v) is 4.53. The maximum atomic E-state index is 12.5. The van der Waals surface area contributed by atoms with Gasteiger partial charge in [-0.2, -0.15) is 4.98 Å². The van der Waals surface area contributed by atoms with Crippen LogP contribution >= 0.6 is 0 Å². The van der Waals surface area contributed by atoms with E-state index in [0.29, 0.717) is 37.8 Å². The first-order valence-corrected chi connectivity index (χ1v) is 9.19. The number of amides is 1. The summed E-state index contributed by atoms with van der Waals surface area (Å²) in [5.74, 6) is 2.43. The highest BCUT2D eigenvalue weighted by atomic mass is 16.6. The van der Waals surface area contributed by atoms with Crippen molar-refractivity contribution in [1.29, 1.82) is 0 Å². The molecule has 1 aliphatic heterocycles. The molecule has 2 heterocycles. The van der Waals surface area contributed by atoms with Gasteiger partial charge >= 0.3 is 0 Å². The Labute approximate surface area is 162 Å². The summed E-state index contributed by atoms with van der Waals surface area (Å²) in [6, 6.07) is 15.4. The molecule has 2 aromatic carbocycles. The van der Waals surface area contributed by atoms with Crippen molar-refractivity contribution < 1.29 is 18.8 Å². The quantitative estimate of drug-likeness (QED) is 0.655. The average Bonchev–Trinajstić information content (AvgIpc) is 3.21. The van der Waals surface area contributed by atoms with Crippen molar-refractivity contribution >= 4 is 5.91 Å². The highest BCUT2D eigenvalue weighted by molar-refractivity contribution is 5.76. The van der Waals surface area contributed by atoms with Crippen LogP contribution in [0.3, 0.4) is 0 Å². The molecule has 1 aliphatic rings. The Hall–Kier alpha value is -3.35. The number of rotatable bonds is 6. The molecule has 0 fully saturated rings. The van der Waals surface area contributed by atoms with Crippen LogP contribution in [0.5, 0.6) is 11.5 Å². The Morgan fingerprint density at radius 3 is 2.68 bits per heavy atom. The van der Waals surface area contributed by atoms with Gasteiger partial charge < -0.3 is 18.9 Å². The van der Waals surface area contributed by atoms with E-state index >= 15 is 0 Å². The number of aromatic nitrogens is 2. The Kier molecular flexibility index (Phi) is 5.23. The highest BCUT2D eigenvalue weighted by Crippen LogP contribution is 2.31. The Morgan fingerprint density at radius 2 is 1.86 bits per heavy atom. The average molecular weight is 379 g/mol. The van der Waals surface area contributed by atoms with Crippen molar-refractivity contribution in [1.82, 2.24) is 15.0 Å². The van der Waals surface area contributed by atoms with Crippen LogP contribution in [0.2, 0.25) is 0 Å². The number of aryl methyl sites for hydroxylation is 1. The molecule has 0 bridgehead atoms. The zero-order valence-corrected chi connectivity index (χ0v) is 15.6. The third kappa shape index (κ3) is 4.14. The van der Waals surface area contributed by atoms with Crippen molar-refractivity contribution in [3.8, 4) is 22.9 Å². The molecule has 0 aliphatic carbocycles. The van der Waals surface area contributed by atoms with Crippen molar-refractivity contribution in [2.75, 3.05) is 20.3 Å². The number of carbonyl (C=O) groups is 1. The molecule has 0 atom stereocenters. The molecule has 0 saturated carbocycles. The second-order valence-corrected chi connectivity index (χ2v) is 6.61. The summed E-state index contributed by atoms with van der Waals surface area (Å²) in [6.07, 6.45) is 1.01. The molecule has 7 heteroatoms. The number of hydrogen-bond acceptors (Lipinski definition) is 6. The van der Waals surface area contributed by atoms with Crippen LogP contribution in [0.25, 0.3) is 11.4 Å². The highest BCUT2D eigenvalue weighted by Gasteiger charge is 2.16. The zero-order valence-electron chi connectivity index (χ0n) is 15.6. The van der Waals surface area contributed by atoms with Crippen LogP contribution in [-0.2, 0) is 17.8 Å². The lowest BCUT2D eigenvalue weighted by molar-refractivity contribution is -0.130. The van der Waals surface area contributed by atoms with Gasteiger partial charge in [-0.1, -0.05) is 41.6 Å². The maximum absolute atomic E-state index is 12.5. The van der Waals surface area contributed by atoms with Gasteiger partial charge in [0.1, 0.15) is 13.2 Å². The minimum Gasteiger partial charge on any atom is -0.486 e. The monoisotopic (exact) mass is 379 g/mol. The van der Waals surface area contributed by atoms with Crippen molar-refractivity contribution in [3.05, 3.63) is 60.0 Å². The summed E-state index contributed by atoms with van der Waals surface area (Å²) in [6.45, 7) is 1.39. The van der Waals surface area contributed by atoms with E-state index in [4.69, 9.17) is 14.0 Å². The van der Waals surface area contributed by atoms with Crippen molar-refractivity contribution in [2.24, 2.45) is 0 Å². The van der Waals surface area contributed by atoms with E-state index in [0.717, 1.165) is 22.6 Å². The van der Waals surface area contributed by atoms with Crippen molar-refractivity contribution in [2.45, 2.75) is 19.4 Å². The molecular weight excluding hydrogens is 358 g/mol. The maximum Gasteiger partial charge on any atom is 0.246 e. The minimum absolute atomic E-state index is 0.00866. The normalized spacial score (nSPS) is 12.6. The number of carbonyl (C=O) groups excluding carboxylic acids is 1. The molecule has 1 amide bonds. The van der Waals surface area contributed by atoms with E-state index in [2.05, 4.69) is 10.1 Å². The lowest BCUT2D eigenvalue weighted by Crippen LogP contribution is -2.26. The number of fused-ring (bicyclic) bond motifs is 1. The Bertz CT molecular complexity index is 955. The fraction of sp³-hybridized carbons (Fsp3) is 0.286. The third-order valence-electron chi connectivity index (χ3n) is 4.53. The number of benzene rings is 2. The minimum atomic E-state index is 0.00866. The van der Waals surface area contributed by atoms with Gasteiger partial charge in [-0.25, -0.2) is 0 Å². The molecule has 0 N–H and O–H groups in total. The van der Waals surface area contributed by atoms with E-state index in [9.17, 15) is 4.79 Å². The summed E-state index contributed by atoms with van der Waals surface area (Å²) in [5.41, 5.74) is 1.92. The Morgan fingerprint density at radius 1 is 1.07 bits per heavy atom. The number of ether oxygens (including phenoxy) is 2. The van der Waals surface area contributed by atoms with Gasteiger partial charge in [0.2, 0.25) is 17.6 Å². The fourth-order valence-corrected chi connectivity index (χ4v) is 3.00. The fourth-order valence-electron chi connectivity index (χ4n) is 3.00. The van der Waals surface area contributed by atoms with Crippen LogP contribution < -0.4 is 9.47 Å². The molecule has 1 aromatic heterocycles. The molecule has 28 heavy (non-hydrogen) atoms. The van der Waals surface area contributed by atoms with E-state index in [1.807, 2.05) is 48.5 Å². The summed E-state index contributed by atoms with van der Waals surface area (Å²) in [7, 11) is 1.73. The molecule has 0 radical (unpaired) electrons. The van der Waals surface area contributed by atoms with Crippen LogP contribution in [0, 0.1) is 0 Å². The molecule has 0 spiro atoms. The molecular formula is C21H21N3O4. The van der Waals surface area contributed by atoms with Gasteiger partial charge in [0, 0.05) is 19.0 Å². The molecule has 144 valence electrons.